The predicted molar refractivity (Wildman–Crippen MR) is 73.0 cm³/mol. The average Bonchev–Trinajstić information content (AvgIpc) is 2.38. The Kier molecular flexibility index (Phi) is 4.62. The molecule has 1 N–H and O–H groups in total. The van der Waals surface area contributed by atoms with Gasteiger partial charge in [-0.2, -0.15) is 8.78 Å². The second-order valence-corrected chi connectivity index (χ2v) is 4.49. The molecule has 0 aliphatic carbocycles. The number of para-hydroxylation sites is 1. The van der Waals surface area contributed by atoms with Crippen LogP contribution < -0.4 is 10.1 Å². The Morgan fingerprint density at radius 1 is 1.20 bits per heavy atom. The van der Waals surface area contributed by atoms with Gasteiger partial charge in [-0.15, -0.1) is 0 Å². The number of hydrogen-bond acceptors (Lipinski definition) is 3. The molecule has 1 aromatic carbocycles. The summed E-state index contributed by atoms with van der Waals surface area (Å²) in [6.07, 6.45) is 0. The lowest BCUT2D eigenvalue weighted by molar-refractivity contribution is -0.0501. The fraction of sp³-hybridized carbons (Fsp3) is 0.0769. The summed E-state index contributed by atoms with van der Waals surface area (Å²) in [6, 6.07) is 10.7. The van der Waals surface area contributed by atoms with E-state index in [1.807, 2.05) is 0 Å². The molecule has 1 heterocycles. The van der Waals surface area contributed by atoms with Crippen molar-refractivity contribution in [1.82, 2.24) is 4.98 Å². The highest BCUT2D eigenvalue weighted by Crippen LogP contribution is 2.21. The molecule has 0 aliphatic rings. The number of halogens is 3. The molecular formula is C13H9BrF2N2O2. The maximum absolute atomic E-state index is 12.3. The van der Waals surface area contributed by atoms with Crippen LogP contribution in [0.15, 0.2) is 47.1 Å². The fourth-order valence-corrected chi connectivity index (χ4v) is 1.86. The molecule has 0 atom stereocenters. The van der Waals surface area contributed by atoms with Crippen molar-refractivity contribution < 1.29 is 18.3 Å². The lowest BCUT2D eigenvalue weighted by atomic mass is 10.2. The number of carbonyl (C=O) groups is 1. The molecule has 0 radical (unpaired) electrons. The molecule has 0 spiro atoms. The van der Waals surface area contributed by atoms with Crippen LogP contribution in [0.25, 0.3) is 0 Å². The Balaban J connectivity index is 2.21. The standard InChI is InChI=1S/C13H9BrF2N2O2/c14-10-6-3-7-11(17-10)18-12(19)8-4-1-2-5-9(8)20-13(15)16/h1-7,13H,(H,17,18,19). The van der Waals surface area contributed by atoms with E-state index in [0.29, 0.717) is 10.4 Å². The minimum absolute atomic E-state index is 0.00887. The first-order valence-electron chi connectivity index (χ1n) is 5.54. The van der Waals surface area contributed by atoms with Crippen molar-refractivity contribution in [3.63, 3.8) is 0 Å². The zero-order chi connectivity index (χ0) is 14.5. The van der Waals surface area contributed by atoms with Crippen molar-refractivity contribution >= 4 is 27.7 Å². The van der Waals surface area contributed by atoms with Crippen molar-refractivity contribution in [2.24, 2.45) is 0 Å². The van der Waals surface area contributed by atoms with Gasteiger partial charge in [0.2, 0.25) is 0 Å². The van der Waals surface area contributed by atoms with Crippen molar-refractivity contribution in [1.29, 1.82) is 0 Å². The van der Waals surface area contributed by atoms with Gasteiger partial charge >= 0.3 is 6.61 Å². The highest BCUT2D eigenvalue weighted by Gasteiger charge is 2.15. The largest absolute Gasteiger partial charge is 0.434 e. The maximum Gasteiger partial charge on any atom is 0.387 e. The van der Waals surface area contributed by atoms with E-state index in [2.05, 4.69) is 31.0 Å². The van der Waals surface area contributed by atoms with Crippen LogP contribution in [0, 0.1) is 0 Å². The van der Waals surface area contributed by atoms with Gasteiger partial charge in [0.1, 0.15) is 16.2 Å². The Morgan fingerprint density at radius 3 is 2.65 bits per heavy atom. The number of pyridine rings is 1. The molecule has 0 aliphatic heterocycles. The summed E-state index contributed by atoms with van der Waals surface area (Å²) in [5, 5.41) is 2.51. The van der Waals surface area contributed by atoms with Crippen LogP contribution in [0.3, 0.4) is 0 Å². The van der Waals surface area contributed by atoms with Gasteiger partial charge < -0.3 is 10.1 Å². The van der Waals surface area contributed by atoms with Crippen LogP contribution in [0.2, 0.25) is 0 Å². The average molecular weight is 343 g/mol. The quantitative estimate of drug-likeness (QED) is 0.862. The summed E-state index contributed by atoms with van der Waals surface area (Å²) in [5.41, 5.74) is 0.00887. The second-order valence-electron chi connectivity index (χ2n) is 3.67. The van der Waals surface area contributed by atoms with E-state index < -0.39 is 12.5 Å². The molecule has 0 bridgehead atoms. The Labute approximate surface area is 121 Å². The summed E-state index contributed by atoms with van der Waals surface area (Å²) in [7, 11) is 0. The predicted octanol–water partition coefficient (Wildman–Crippen LogP) is 3.70. The molecule has 0 fully saturated rings. The van der Waals surface area contributed by atoms with Gasteiger partial charge in [0, 0.05) is 0 Å². The molecule has 104 valence electrons. The molecule has 0 saturated carbocycles. The third-order valence-electron chi connectivity index (χ3n) is 2.30. The number of aromatic nitrogens is 1. The van der Waals surface area contributed by atoms with Gasteiger partial charge in [0.15, 0.2) is 0 Å². The lowest BCUT2D eigenvalue weighted by Gasteiger charge is -2.10. The van der Waals surface area contributed by atoms with E-state index in [9.17, 15) is 13.6 Å². The summed E-state index contributed by atoms with van der Waals surface area (Å²) < 4.78 is 29.4. The zero-order valence-corrected chi connectivity index (χ0v) is 11.6. The van der Waals surface area contributed by atoms with Crippen LogP contribution in [0.4, 0.5) is 14.6 Å². The molecular weight excluding hydrogens is 334 g/mol. The summed E-state index contributed by atoms with van der Waals surface area (Å²) in [4.78, 5) is 16.1. The molecule has 1 amide bonds. The zero-order valence-electron chi connectivity index (χ0n) is 10.0. The lowest BCUT2D eigenvalue weighted by Crippen LogP contribution is -2.15. The number of ether oxygens (including phenoxy) is 1. The molecule has 20 heavy (non-hydrogen) atoms. The highest BCUT2D eigenvalue weighted by molar-refractivity contribution is 9.10. The van der Waals surface area contributed by atoms with Gasteiger partial charge in [-0.05, 0) is 40.2 Å². The van der Waals surface area contributed by atoms with Gasteiger partial charge in [-0.3, -0.25) is 4.79 Å². The molecule has 0 saturated heterocycles. The highest BCUT2D eigenvalue weighted by atomic mass is 79.9. The molecule has 2 aromatic rings. The fourth-order valence-electron chi connectivity index (χ4n) is 1.51. The van der Waals surface area contributed by atoms with Crippen molar-refractivity contribution in [3.8, 4) is 5.75 Å². The minimum Gasteiger partial charge on any atom is -0.434 e. The monoisotopic (exact) mass is 342 g/mol. The first-order valence-corrected chi connectivity index (χ1v) is 6.33. The van der Waals surface area contributed by atoms with E-state index >= 15 is 0 Å². The molecule has 4 nitrogen and oxygen atoms in total. The Hall–Kier alpha value is -2.02. The molecule has 0 unspecified atom stereocenters. The number of rotatable bonds is 4. The molecule has 2 rings (SSSR count). The van der Waals surface area contributed by atoms with Crippen LogP contribution in [0.1, 0.15) is 10.4 Å². The Bertz CT molecular complexity index is 623. The molecule has 1 aromatic heterocycles. The number of hydrogen-bond donors (Lipinski definition) is 1. The number of nitrogens with zero attached hydrogens (tertiary/aromatic N) is 1. The van der Waals surface area contributed by atoms with Crippen molar-refractivity contribution in [2.45, 2.75) is 6.61 Å². The van der Waals surface area contributed by atoms with Crippen LogP contribution in [-0.4, -0.2) is 17.5 Å². The topological polar surface area (TPSA) is 51.2 Å². The van der Waals surface area contributed by atoms with Crippen LogP contribution in [0.5, 0.6) is 5.75 Å². The molecule has 7 heteroatoms. The van der Waals surface area contributed by atoms with E-state index in [1.165, 1.54) is 18.2 Å². The minimum atomic E-state index is -2.99. The first kappa shape index (κ1) is 14.4. The number of anilines is 1. The first-order chi connectivity index (χ1) is 9.56. The van der Waals surface area contributed by atoms with Gasteiger partial charge in [0.25, 0.3) is 5.91 Å². The van der Waals surface area contributed by atoms with Gasteiger partial charge in [0.05, 0.1) is 5.56 Å². The van der Waals surface area contributed by atoms with Crippen molar-refractivity contribution in [3.05, 3.63) is 52.6 Å². The number of benzene rings is 1. The van der Waals surface area contributed by atoms with Crippen molar-refractivity contribution in [2.75, 3.05) is 5.32 Å². The van der Waals surface area contributed by atoms with E-state index in [4.69, 9.17) is 0 Å². The third kappa shape index (κ3) is 3.74. The van der Waals surface area contributed by atoms with E-state index in [1.54, 1.807) is 24.3 Å². The number of alkyl halides is 2. The van der Waals surface area contributed by atoms with Crippen LogP contribution in [-0.2, 0) is 0 Å². The summed E-state index contributed by atoms with van der Waals surface area (Å²) in [6.45, 7) is -2.99. The van der Waals surface area contributed by atoms with E-state index in [0.717, 1.165) is 0 Å². The number of carbonyl (C=O) groups excluding carboxylic acids is 1. The Morgan fingerprint density at radius 2 is 1.95 bits per heavy atom. The second kappa shape index (κ2) is 6.42. The number of amides is 1. The summed E-state index contributed by atoms with van der Waals surface area (Å²) in [5.74, 6) is -0.460. The third-order valence-corrected chi connectivity index (χ3v) is 2.75. The normalized spacial score (nSPS) is 10.4. The number of nitrogens with one attached hydrogen (secondary N) is 1. The smallest absolute Gasteiger partial charge is 0.387 e. The van der Waals surface area contributed by atoms with Gasteiger partial charge in [-0.25, -0.2) is 4.98 Å². The van der Waals surface area contributed by atoms with Crippen LogP contribution >= 0.6 is 15.9 Å². The summed E-state index contributed by atoms with van der Waals surface area (Å²) >= 11 is 3.17. The van der Waals surface area contributed by atoms with Gasteiger partial charge in [-0.1, -0.05) is 18.2 Å². The van der Waals surface area contributed by atoms with E-state index in [-0.39, 0.29) is 11.3 Å². The maximum atomic E-state index is 12.3. The SMILES string of the molecule is O=C(Nc1cccc(Br)n1)c1ccccc1OC(F)F.